The van der Waals surface area contributed by atoms with Crippen molar-refractivity contribution in [3.05, 3.63) is 40.9 Å². The van der Waals surface area contributed by atoms with Crippen LogP contribution in [0, 0.1) is 0 Å². The number of halogens is 1. The third-order valence-corrected chi connectivity index (χ3v) is 2.15. The van der Waals surface area contributed by atoms with Crippen LogP contribution in [0.25, 0.3) is 0 Å². The van der Waals surface area contributed by atoms with Gasteiger partial charge in [0.2, 0.25) is 0 Å². The highest BCUT2D eigenvalue weighted by Gasteiger charge is 2.03. The zero-order valence-corrected chi connectivity index (χ0v) is 9.94. The fraction of sp³-hybridized carbons (Fsp3) is 0.100. The van der Waals surface area contributed by atoms with Crippen molar-refractivity contribution >= 4 is 34.5 Å². The summed E-state index contributed by atoms with van der Waals surface area (Å²) in [6.07, 6.45) is 0. The number of nitrogens with one attached hydrogen (secondary N) is 1. The maximum atomic E-state index is 11.5. The van der Waals surface area contributed by atoms with Gasteiger partial charge < -0.3 is 5.32 Å². The maximum Gasteiger partial charge on any atom is 0.251 e. The molecular formula is C10H10BrNOS. The minimum absolute atomic E-state index is 0.112. The molecule has 0 saturated heterocycles. The van der Waals surface area contributed by atoms with Crippen LogP contribution >= 0.6 is 28.6 Å². The molecule has 4 heteroatoms. The molecule has 74 valence electrons. The molecule has 14 heavy (non-hydrogen) atoms. The van der Waals surface area contributed by atoms with Crippen LogP contribution in [0.15, 0.2) is 40.2 Å². The highest BCUT2D eigenvalue weighted by molar-refractivity contribution is 9.11. The molecule has 0 radical (unpaired) electrons. The van der Waals surface area contributed by atoms with Crippen molar-refractivity contribution in [1.82, 2.24) is 5.32 Å². The first-order valence-electron chi connectivity index (χ1n) is 4.00. The van der Waals surface area contributed by atoms with Gasteiger partial charge in [-0.25, -0.2) is 0 Å². The van der Waals surface area contributed by atoms with E-state index < -0.39 is 0 Å². The Bertz CT molecular complexity index is 348. The Morgan fingerprint density at radius 3 is 2.50 bits per heavy atom. The standard InChI is InChI=1S/C10H10BrNOS/c1-7(11)6-12-10(13)8-2-4-9(14)5-3-8/h2-5,14H,1,6H2,(H,12,13). The largest absolute Gasteiger partial charge is 0.347 e. The summed E-state index contributed by atoms with van der Waals surface area (Å²) < 4.78 is 0.747. The first kappa shape index (κ1) is 11.3. The van der Waals surface area contributed by atoms with E-state index in [4.69, 9.17) is 0 Å². The minimum atomic E-state index is -0.112. The van der Waals surface area contributed by atoms with Crippen molar-refractivity contribution in [3.8, 4) is 0 Å². The lowest BCUT2D eigenvalue weighted by Crippen LogP contribution is -2.24. The number of thiol groups is 1. The van der Waals surface area contributed by atoms with Gasteiger partial charge in [0.25, 0.3) is 5.91 Å². The van der Waals surface area contributed by atoms with Crippen molar-refractivity contribution in [3.63, 3.8) is 0 Å². The second-order valence-corrected chi connectivity index (χ2v) is 4.38. The Morgan fingerprint density at radius 2 is 2.00 bits per heavy atom. The predicted octanol–water partition coefficient (Wildman–Crippen LogP) is 2.61. The van der Waals surface area contributed by atoms with Gasteiger partial charge in [-0.05, 0) is 24.3 Å². The van der Waals surface area contributed by atoms with Crippen LogP contribution in [0.2, 0.25) is 0 Å². The summed E-state index contributed by atoms with van der Waals surface area (Å²) >= 11 is 7.30. The van der Waals surface area contributed by atoms with Crippen molar-refractivity contribution in [2.24, 2.45) is 0 Å². The quantitative estimate of drug-likeness (QED) is 0.814. The van der Waals surface area contributed by atoms with Gasteiger partial charge in [0, 0.05) is 21.5 Å². The van der Waals surface area contributed by atoms with Gasteiger partial charge in [0.1, 0.15) is 0 Å². The Hall–Kier alpha value is -0.740. The van der Waals surface area contributed by atoms with Gasteiger partial charge in [-0.3, -0.25) is 4.79 Å². The molecule has 0 saturated carbocycles. The van der Waals surface area contributed by atoms with Crippen LogP contribution in [0.4, 0.5) is 0 Å². The molecule has 0 heterocycles. The van der Waals surface area contributed by atoms with Gasteiger partial charge in [-0.1, -0.05) is 22.5 Å². The highest BCUT2D eigenvalue weighted by Crippen LogP contribution is 2.07. The molecule has 0 spiro atoms. The summed E-state index contributed by atoms with van der Waals surface area (Å²) in [7, 11) is 0. The zero-order valence-electron chi connectivity index (χ0n) is 7.46. The van der Waals surface area contributed by atoms with E-state index in [0.29, 0.717) is 12.1 Å². The van der Waals surface area contributed by atoms with Crippen LogP contribution in [-0.2, 0) is 0 Å². The first-order chi connectivity index (χ1) is 6.59. The first-order valence-corrected chi connectivity index (χ1v) is 5.24. The number of carbonyl (C=O) groups is 1. The van der Waals surface area contributed by atoms with E-state index in [-0.39, 0.29) is 5.91 Å². The van der Waals surface area contributed by atoms with E-state index in [1.807, 2.05) is 0 Å². The molecule has 0 aliphatic carbocycles. The van der Waals surface area contributed by atoms with E-state index in [9.17, 15) is 4.79 Å². The molecule has 2 nitrogen and oxygen atoms in total. The molecule has 1 N–H and O–H groups in total. The van der Waals surface area contributed by atoms with E-state index in [0.717, 1.165) is 9.38 Å². The van der Waals surface area contributed by atoms with Crippen LogP contribution in [0.5, 0.6) is 0 Å². The lowest BCUT2D eigenvalue weighted by molar-refractivity contribution is 0.0957. The van der Waals surface area contributed by atoms with Crippen LogP contribution in [0.3, 0.4) is 0 Å². The summed E-state index contributed by atoms with van der Waals surface area (Å²) in [5.41, 5.74) is 0.622. The molecule has 0 unspecified atom stereocenters. The normalized spacial score (nSPS) is 9.57. The number of hydrogen-bond donors (Lipinski definition) is 2. The zero-order chi connectivity index (χ0) is 10.6. The van der Waals surface area contributed by atoms with Crippen molar-refractivity contribution in [2.75, 3.05) is 6.54 Å². The lowest BCUT2D eigenvalue weighted by Gasteiger charge is -2.03. The van der Waals surface area contributed by atoms with Gasteiger partial charge in [0.05, 0.1) is 0 Å². The Morgan fingerprint density at radius 1 is 1.43 bits per heavy atom. The average Bonchev–Trinajstić information content (AvgIpc) is 2.15. The summed E-state index contributed by atoms with van der Waals surface area (Å²) in [6, 6.07) is 7.02. The van der Waals surface area contributed by atoms with Crippen LogP contribution < -0.4 is 5.32 Å². The van der Waals surface area contributed by atoms with Crippen LogP contribution in [0.1, 0.15) is 10.4 Å². The van der Waals surface area contributed by atoms with Crippen molar-refractivity contribution in [1.29, 1.82) is 0 Å². The molecule has 0 aliphatic rings. The molecule has 1 amide bonds. The monoisotopic (exact) mass is 271 g/mol. The predicted molar refractivity (Wildman–Crippen MR) is 64.1 cm³/mol. The maximum absolute atomic E-state index is 11.5. The second-order valence-electron chi connectivity index (χ2n) is 2.75. The van der Waals surface area contributed by atoms with Crippen LogP contribution in [-0.4, -0.2) is 12.5 Å². The third-order valence-electron chi connectivity index (χ3n) is 1.57. The lowest BCUT2D eigenvalue weighted by atomic mass is 10.2. The molecule has 0 atom stereocenters. The molecule has 0 aliphatic heterocycles. The molecule has 1 aromatic carbocycles. The number of carbonyl (C=O) groups excluding carboxylic acids is 1. The smallest absolute Gasteiger partial charge is 0.251 e. The summed E-state index contributed by atoms with van der Waals surface area (Å²) in [4.78, 5) is 12.3. The topological polar surface area (TPSA) is 29.1 Å². The third kappa shape index (κ3) is 3.55. The van der Waals surface area contributed by atoms with E-state index in [2.05, 4.69) is 40.5 Å². The van der Waals surface area contributed by atoms with E-state index in [1.165, 1.54) is 0 Å². The molecule has 0 aromatic heterocycles. The number of benzene rings is 1. The fourth-order valence-electron chi connectivity index (χ4n) is 0.891. The van der Waals surface area contributed by atoms with E-state index in [1.54, 1.807) is 24.3 Å². The highest BCUT2D eigenvalue weighted by atomic mass is 79.9. The van der Waals surface area contributed by atoms with Gasteiger partial charge in [-0.15, -0.1) is 12.6 Å². The van der Waals surface area contributed by atoms with Crippen molar-refractivity contribution in [2.45, 2.75) is 4.90 Å². The Balaban J connectivity index is 2.61. The molecule has 1 aromatic rings. The SMILES string of the molecule is C=C(Br)CNC(=O)c1ccc(S)cc1. The Kier molecular flexibility index (Phi) is 4.22. The minimum Gasteiger partial charge on any atom is -0.347 e. The van der Waals surface area contributed by atoms with Crippen molar-refractivity contribution < 1.29 is 4.79 Å². The number of hydrogen-bond acceptors (Lipinski definition) is 2. The fourth-order valence-corrected chi connectivity index (χ4v) is 1.18. The van der Waals surface area contributed by atoms with Gasteiger partial charge in [0.15, 0.2) is 0 Å². The van der Waals surface area contributed by atoms with Gasteiger partial charge >= 0.3 is 0 Å². The summed E-state index contributed by atoms with van der Waals surface area (Å²) in [5.74, 6) is -0.112. The van der Waals surface area contributed by atoms with Gasteiger partial charge in [-0.2, -0.15) is 0 Å². The second kappa shape index (κ2) is 5.22. The number of amides is 1. The molecule has 0 bridgehead atoms. The molecule has 0 fully saturated rings. The summed E-state index contributed by atoms with van der Waals surface area (Å²) in [6.45, 7) is 4.06. The average molecular weight is 272 g/mol. The Labute approximate surface area is 96.9 Å². The van der Waals surface area contributed by atoms with E-state index >= 15 is 0 Å². The molecule has 1 rings (SSSR count). The molecular weight excluding hydrogens is 262 g/mol. The number of rotatable bonds is 3. The summed E-state index contributed by atoms with van der Waals surface area (Å²) in [5, 5.41) is 2.71.